The number of likely N-dealkylation sites (tertiary alicyclic amines) is 1. The van der Waals surface area contributed by atoms with Crippen LogP contribution in [0.3, 0.4) is 0 Å². The zero-order valence-corrected chi connectivity index (χ0v) is 13.8. The Labute approximate surface area is 137 Å². The third kappa shape index (κ3) is 3.21. The number of aliphatic hydroxyl groups is 1. The van der Waals surface area contributed by atoms with Crippen LogP contribution in [0.15, 0.2) is 18.2 Å². The maximum absolute atomic E-state index is 12.9. The van der Waals surface area contributed by atoms with E-state index in [9.17, 15) is 9.90 Å². The number of benzene rings is 1. The predicted molar refractivity (Wildman–Crippen MR) is 86.7 cm³/mol. The largest absolute Gasteiger partial charge is 0.496 e. The van der Waals surface area contributed by atoms with Gasteiger partial charge in [-0.2, -0.15) is 0 Å². The number of hydrogen-bond donors (Lipinski definition) is 1. The average Bonchev–Trinajstić information content (AvgIpc) is 3.04. The molecule has 2 saturated heterocycles. The summed E-state index contributed by atoms with van der Waals surface area (Å²) in [6.07, 6.45) is 2.18. The van der Waals surface area contributed by atoms with Crippen LogP contribution in [0.5, 0.6) is 5.75 Å². The van der Waals surface area contributed by atoms with Crippen molar-refractivity contribution < 1.29 is 19.4 Å². The molecule has 5 nitrogen and oxygen atoms in total. The van der Waals surface area contributed by atoms with E-state index in [2.05, 4.69) is 0 Å². The molecule has 2 aliphatic heterocycles. The number of methoxy groups -OCH3 is 1. The van der Waals surface area contributed by atoms with Crippen LogP contribution in [-0.4, -0.2) is 54.9 Å². The first-order valence-electron chi connectivity index (χ1n) is 8.33. The van der Waals surface area contributed by atoms with Crippen molar-refractivity contribution in [1.29, 1.82) is 0 Å². The molecule has 3 rings (SSSR count). The number of ether oxygens (including phenoxy) is 2. The lowest BCUT2D eigenvalue weighted by molar-refractivity contribution is -0.0589. The molecule has 126 valence electrons. The lowest BCUT2D eigenvalue weighted by Crippen LogP contribution is -2.48. The van der Waals surface area contributed by atoms with Gasteiger partial charge in [0.2, 0.25) is 0 Å². The van der Waals surface area contributed by atoms with Gasteiger partial charge >= 0.3 is 0 Å². The van der Waals surface area contributed by atoms with Gasteiger partial charge in [-0.15, -0.1) is 0 Å². The summed E-state index contributed by atoms with van der Waals surface area (Å²) < 4.78 is 10.9. The number of aryl methyl sites for hydroxylation is 1. The highest BCUT2D eigenvalue weighted by Gasteiger charge is 2.39. The van der Waals surface area contributed by atoms with Crippen molar-refractivity contribution in [3.63, 3.8) is 0 Å². The second-order valence-electron chi connectivity index (χ2n) is 6.49. The van der Waals surface area contributed by atoms with E-state index in [1.165, 1.54) is 0 Å². The van der Waals surface area contributed by atoms with Crippen LogP contribution in [0, 0.1) is 12.8 Å². The summed E-state index contributed by atoms with van der Waals surface area (Å²) in [4.78, 5) is 14.8. The van der Waals surface area contributed by atoms with Gasteiger partial charge in [0.05, 0.1) is 19.8 Å². The molecular weight excluding hydrogens is 294 g/mol. The normalized spacial score (nSPS) is 28.0. The summed E-state index contributed by atoms with van der Waals surface area (Å²) in [6, 6.07) is 5.63. The summed E-state index contributed by atoms with van der Waals surface area (Å²) in [5.74, 6) is 0.763. The summed E-state index contributed by atoms with van der Waals surface area (Å²) in [5.41, 5.74) is 1.66. The molecule has 1 amide bonds. The Bertz CT molecular complexity index is 574. The minimum absolute atomic E-state index is 0.0162. The topological polar surface area (TPSA) is 59.0 Å². The third-order valence-electron chi connectivity index (χ3n) is 5.07. The fourth-order valence-electron chi connectivity index (χ4n) is 3.72. The molecule has 0 bridgehead atoms. The minimum Gasteiger partial charge on any atom is -0.496 e. The van der Waals surface area contributed by atoms with E-state index in [0.717, 1.165) is 30.7 Å². The van der Waals surface area contributed by atoms with E-state index in [1.807, 2.05) is 24.0 Å². The van der Waals surface area contributed by atoms with Gasteiger partial charge in [-0.1, -0.05) is 6.07 Å². The first kappa shape index (κ1) is 16.3. The second-order valence-corrected chi connectivity index (χ2v) is 6.49. The van der Waals surface area contributed by atoms with Crippen molar-refractivity contribution in [3.8, 4) is 5.75 Å². The molecule has 2 heterocycles. The number of aliphatic hydroxyl groups excluding tert-OH is 1. The molecule has 0 saturated carbocycles. The Morgan fingerprint density at radius 3 is 2.96 bits per heavy atom. The molecule has 0 aromatic heterocycles. The van der Waals surface area contributed by atoms with Crippen molar-refractivity contribution in [3.05, 3.63) is 29.3 Å². The van der Waals surface area contributed by atoms with E-state index < -0.39 is 0 Å². The number of carbonyl (C=O) groups excluding carboxylic acids is 1. The standard InChI is InChI=1S/C18H25NO4/c1-12-5-6-13(10-17(12)22-2)18(21)19-8-3-4-15(19)14-11-23-9-7-16(14)20/h5-6,10,14-16,20H,3-4,7-9,11H2,1-2H3. The molecule has 1 N–H and O–H groups in total. The predicted octanol–water partition coefficient (Wildman–Crippen LogP) is 2.01. The Balaban J connectivity index is 1.80. The fourth-order valence-corrected chi connectivity index (χ4v) is 3.72. The van der Waals surface area contributed by atoms with Crippen molar-refractivity contribution in [2.75, 3.05) is 26.9 Å². The van der Waals surface area contributed by atoms with Gasteiger partial charge < -0.3 is 19.5 Å². The Morgan fingerprint density at radius 2 is 2.22 bits per heavy atom. The summed E-state index contributed by atoms with van der Waals surface area (Å²) in [5, 5.41) is 10.3. The van der Waals surface area contributed by atoms with E-state index in [1.54, 1.807) is 13.2 Å². The number of rotatable bonds is 3. The molecule has 23 heavy (non-hydrogen) atoms. The summed E-state index contributed by atoms with van der Waals surface area (Å²) >= 11 is 0. The van der Waals surface area contributed by atoms with Gasteiger partial charge in [-0.3, -0.25) is 4.79 Å². The van der Waals surface area contributed by atoms with Crippen molar-refractivity contribution in [1.82, 2.24) is 4.90 Å². The zero-order chi connectivity index (χ0) is 16.4. The molecule has 5 heteroatoms. The van der Waals surface area contributed by atoms with Crippen LogP contribution < -0.4 is 4.74 Å². The highest BCUT2D eigenvalue weighted by atomic mass is 16.5. The van der Waals surface area contributed by atoms with E-state index in [-0.39, 0.29) is 24.0 Å². The van der Waals surface area contributed by atoms with Gasteiger partial charge in [0, 0.05) is 30.7 Å². The van der Waals surface area contributed by atoms with Gasteiger partial charge in [-0.05, 0) is 43.9 Å². The Kier molecular flexibility index (Phi) is 4.87. The first-order valence-corrected chi connectivity index (χ1v) is 8.33. The lowest BCUT2D eigenvalue weighted by atomic mass is 9.89. The van der Waals surface area contributed by atoms with Crippen molar-refractivity contribution in [2.45, 2.75) is 38.3 Å². The summed E-state index contributed by atoms with van der Waals surface area (Å²) in [7, 11) is 1.62. The van der Waals surface area contributed by atoms with Gasteiger partial charge in [-0.25, -0.2) is 0 Å². The third-order valence-corrected chi connectivity index (χ3v) is 5.07. The highest BCUT2D eigenvalue weighted by molar-refractivity contribution is 5.95. The second kappa shape index (κ2) is 6.89. The van der Waals surface area contributed by atoms with Gasteiger partial charge in [0.1, 0.15) is 5.75 Å². The average molecular weight is 319 g/mol. The Hall–Kier alpha value is -1.59. The number of hydrogen-bond acceptors (Lipinski definition) is 4. The number of nitrogens with zero attached hydrogens (tertiary/aromatic N) is 1. The maximum Gasteiger partial charge on any atom is 0.254 e. The van der Waals surface area contributed by atoms with Gasteiger partial charge in [0.25, 0.3) is 5.91 Å². The van der Waals surface area contributed by atoms with Crippen LogP contribution >= 0.6 is 0 Å². The van der Waals surface area contributed by atoms with Crippen LogP contribution in [0.1, 0.15) is 35.2 Å². The maximum atomic E-state index is 12.9. The molecule has 3 atom stereocenters. The molecule has 1 aromatic carbocycles. The molecule has 0 radical (unpaired) electrons. The molecule has 3 unspecified atom stereocenters. The lowest BCUT2D eigenvalue weighted by Gasteiger charge is -2.37. The quantitative estimate of drug-likeness (QED) is 0.926. The monoisotopic (exact) mass is 319 g/mol. The first-order chi connectivity index (χ1) is 11.1. The Morgan fingerprint density at radius 1 is 1.39 bits per heavy atom. The molecule has 2 fully saturated rings. The van der Waals surface area contributed by atoms with E-state index >= 15 is 0 Å². The van der Waals surface area contributed by atoms with E-state index in [0.29, 0.717) is 25.2 Å². The van der Waals surface area contributed by atoms with E-state index in [4.69, 9.17) is 9.47 Å². The van der Waals surface area contributed by atoms with Gasteiger partial charge in [0.15, 0.2) is 0 Å². The van der Waals surface area contributed by atoms with Crippen molar-refractivity contribution in [2.24, 2.45) is 5.92 Å². The smallest absolute Gasteiger partial charge is 0.254 e. The van der Waals surface area contributed by atoms with Crippen molar-refractivity contribution >= 4 is 5.91 Å². The number of carbonyl (C=O) groups is 1. The fraction of sp³-hybridized carbons (Fsp3) is 0.611. The molecular formula is C18H25NO4. The zero-order valence-electron chi connectivity index (χ0n) is 13.8. The molecule has 1 aromatic rings. The van der Waals surface area contributed by atoms with Crippen LogP contribution in [-0.2, 0) is 4.74 Å². The molecule has 0 spiro atoms. The SMILES string of the molecule is COc1cc(C(=O)N2CCCC2C2COCCC2O)ccc1C. The van der Waals surface area contributed by atoms with Crippen LogP contribution in [0.2, 0.25) is 0 Å². The molecule has 2 aliphatic rings. The van der Waals surface area contributed by atoms with Crippen LogP contribution in [0.4, 0.5) is 0 Å². The minimum atomic E-state index is -0.380. The summed E-state index contributed by atoms with van der Waals surface area (Å²) in [6.45, 7) is 3.84. The van der Waals surface area contributed by atoms with Crippen LogP contribution in [0.25, 0.3) is 0 Å². The molecule has 0 aliphatic carbocycles. The number of amides is 1. The highest BCUT2D eigenvalue weighted by Crippen LogP contribution is 2.31.